The number of thiocarbonyl (C=S) groups is 1. The molecule has 0 aliphatic rings. The van der Waals surface area contributed by atoms with E-state index in [2.05, 4.69) is 24.1 Å². The Hall–Kier alpha value is -2.86. The molecule has 0 aliphatic carbocycles. The van der Waals surface area contributed by atoms with Crippen molar-refractivity contribution in [1.29, 1.82) is 0 Å². The third kappa shape index (κ3) is 5.35. The maximum Gasteiger partial charge on any atom is 0.226 e. The Morgan fingerprint density at radius 1 is 1.17 bits per heavy atom. The van der Waals surface area contributed by atoms with Gasteiger partial charge in [0.2, 0.25) is 5.89 Å². The van der Waals surface area contributed by atoms with Crippen LogP contribution in [0.25, 0.3) is 11.5 Å². The zero-order chi connectivity index (χ0) is 20.8. The molecule has 2 aromatic carbocycles. The monoisotopic (exact) mass is 410 g/mol. The molecular formula is C23H26N2O3S. The summed E-state index contributed by atoms with van der Waals surface area (Å²) in [6.45, 7) is 7.34. The quantitative estimate of drug-likeness (QED) is 0.518. The highest BCUT2D eigenvalue weighted by atomic mass is 32.1. The summed E-state index contributed by atoms with van der Waals surface area (Å²) >= 11 is 5.50. The van der Waals surface area contributed by atoms with Gasteiger partial charge in [-0.3, -0.25) is 0 Å². The van der Waals surface area contributed by atoms with E-state index >= 15 is 0 Å². The van der Waals surface area contributed by atoms with Crippen LogP contribution in [0.2, 0.25) is 0 Å². The van der Waals surface area contributed by atoms with Crippen molar-refractivity contribution in [1.82, 2.24) is 10.3 Å². The molecule has 0 radical (unpaired) electrons. The molecule has 0 amide bonds. The summed E-state index contributed by atoms with van der Waals surface area (Å²) in [7, 11) is 1.63. The highest BCUT2D eigenvalue weighted by molar-refractivity contribution is 7.80. The molecule has 3 aromatic rings. The van der Waals surface area contributed by atoms with Crippen LogP contribution < -0.4 is 14.8 Å². The second-order valence-corrected chi connectivity index (χ2v) is 7.62. The molecule has 0 saturated heterocycles. The fraction of sp³-hybridized carbons (Fsp3) is 0.304. The van der Waals surface area contributed by atoms with E-state index in [0.717, 1.165) is 22.4 Å². The van der Waals surface area contributed by atoms with E-state index in [1.807, 2.05) is 49.4 Å². The first-order valence-corrected chi connectivity index (χ1v) is 9.98. The van der Waals surface area contributed by atoms with E-state index in [1.54, 1.807) is 13.4 Å². The van der Waals surface area contributed by atoms with Crippen LogP contribution >= 0.6 is 12.2 Å². The normalized spacial score (nSPS) is 10.8. The van der Waals surface area contributed by atoms with E-state index in [-0.39, 0.29) is 0 Å². The summed E-state index contributed by atoms with van der Waals surface area (Å²) < 4.78 is 16.9. The molecule has 152 valence electrons. The lowest BCUT2D eigenvalue weighted by molar-refractivity contribution is 0.257. The van der Waals surface area contributed by atoms with Gasteiger partial charge in [-0.05, 0) is 36.6 Å². The average molecular weight is 411 g/mol. The van der Waals surface area contributed by atoms with Gasteiger partial charge in [-0.1, -0.05) is 50.3 Å². The number of methoxy groups -OCH3 is 1. The Labute approximate surface area is 177 Å². The van der Waals surface area contributed by atoms with E-state index in [9.17, 15) is 0 Å². The van der Waals surface area contributed by atoms with Gasteiger partial charge in [0.15, 0.2) is 11.5 Å². The van der Waals surface area contributed by atoms with E-state index in [0.29, 0.717) is 41.4 Å². The lowest BCUT2D eigenvalue weighted by Crippen LogP contribution is -2.22. The van der Waals surface area contributed by atoms with Gasteiger partial charge in [0.25, 0.3) is 0 Å². The molecule has 0 spiro atoms. The molecule has 0 unspecified atom stereocenters. The largest absolute Gasteiger partial charge is 0.493 e. The fourth-order valence-electron chi connectivity index (χ4n) is 2.79. The number of hydrogen-bond donors (Lipinski definition) is 1. The van der Waals surface area contributed by atoms with Crippen molar-refractivity contribution < 1.29 is 13.9 Å². The van der Waals surface area contributed by atoms with Crippen molar-refractivity contribution in [2.24, 2.45) is 5.92 Å². The summed E-state index contributed by atoms with van der Waals surface area (Å²) in [5, 5.41) is 3.25. The Morgan fingerprint density at radius 3 is 2.69 bits per heavy atom. The Balaban J connectivity index is 1.70. The number of rotatable bonds is 8. The van der Waals surface area contributed by atoms with Crippen molar-refractivity contribution >= 4 is 17.2 Å². The zero-order valence-electron chi connectivity index (χ0n) is 17.2. The van der Waals surface area contributed by atoms with Gasteiger partial charge in [-0.25, -0.2) is 4.98 Å². The van der Waals surface area contributed by atoms with Gasteiger partial charge in [0.05, 0.1) is 26.0 Å². The lowest BCUT2D eigenvalue weighted by Gasteiger charge is -2.13. The predicted octanol–water partition coefficient (Wildman–Crippen LogP) is 5.16. The minimum Gasteiger partial charge on any atom is -0.493 e. The first-order valence-electron chi connectivity index (χ1n) is 9.57. The highest BCUT2D eigenvalue weighted by Crippen LogP contribution is 2.32. The molecule has 1 N–H and O–H groups in total. The average Bonchev–Trinajstić information content (AvgIpc) is 3.19. The van der Waals surface area contributed by atoms with Crippen molar-refractivity contribution in [2.45, 2.75) is 27.3 Å². The summed E-state index contributed by atoms with van der Waals surface area (Å²) in [5.74, 6) is 2.31. The first kappa shape index (κ1) is 20.9. The van der Waals surface area contributed by atoms with Crippen LogP contribution in [0.15, 0.2) is 53.1 Å². The van der Waals surface area contributed by atoms with Gasteiger partial charge < -0.3 is 19.2 Å². The molecule has 0 atom stereocenters. The summed E-state index contributed by atoms with van der Waals surface area (Å²) in [6.07, 6.45) is 1.64. The third-order valence-corrected chi connectivity index (χ3v) is 4.72. The zero-order valence-corrected chi connectivity index (χ0v) is 18.0. The van der Waals surface area contributed by atoms with Crippen molar-refractivity contribution in [3.05, 3.63) is 65.5 Å². The van der Waals surface area contributed by atoms with Crippen LogP contribution in [0.1, 0.15) is 30.7 Å². The van der Waals surface area contributed by atoms with Crippen molar-refractivity contribution in [3.8, 4) is 23.0 Å². The topological polar surface area (TPSA) is 56.5 Å². The van der Waals surface area contributed by atoms with Crippen LogP contribution in [-0.2, 0) is 6.54 Å². The van der Waals surface area contributed by atoms with Gasteiger partial charge in [0.1, 0.15) is 11.3 Å². The van der Waals surface area contributed by atoms with Crippen molar-refractivity contribution in [2.75, 3.05) is 13.7 Å². The smallest absolute Gasteiger partial charge is 0.226 e. The van der Waals surface area contributed by atoms with Gasteiger partial charge >= 0.3 is 0 Å². The molecule has 0 saturated carbocycles. The second kappa shape index (κ2) is 9.56. The first-order chi connectivity index (χ1) is 14.0. The number of nitrogens with one attached hydrogen (secondary N) is 1. The third-order valence-electron chi connectivity index (χ3n) is 4.35. The fourth-order valence-corrected chi connectivity index (χ4v) is 3.09. The molecule has 6 heteroatoms. The van der Waals surface area contributed by atoms with Gasteiger partial charge in [-0.15, -0.1) is 0 Å². The SMILES string of the molecule is COc1ccc(-c2nc(CNC(=S)c3ccccc3C)co2)cc1OCC(C)C. The number of nitrogens with zero attached hydrogens (tertiary/aromatic N) is 1. The number of aromatic nitrogens is 1. The summed E-state index contributed by atoms with van der Waals surface area (Å²) in [4.78, 5) is 5.27. The number of ether oxygens (including phenoxy) is 2. The minimum absolute atomic E-state index is 0.417. The van der Waals surface area contributed by atoms with Gasteiger partial charge in [-0.2, -0.15) is 0 Å². The molecule has 0 bridgehead atoms. The van der Waals surface area contributed by atoms with Crippen LogP contribution in [-0.4, -0.2) is 23.7 Å². The summed E-state index contributed by atoms with van der Waals surface area (Å²) in [5.41, 5.74) is 3.76. The summed E-state index contributed by atoms with van der Waals surface area (Å²) in [6, 6.07) is 13.7. The maximum absolute atomic E-state index is 5.87. The number of aryl methyl sites for hydroxylation is 1. The molecule has 1 aromatic heterocycles. The molecule has 29 heavy (non-hydrogen) atoms. The maximum atomic E-state index is 5.87. The Bertz CT molecular complexity index is 982. The molecule has 0 fully saturated rings. The van der Waals surface area contributed by atoms with E-state index in [1.165, 1.54) is 0 Å². The molecule has 0 aliphatic heterocycles. The van der Waals surface area contributed by atoms with Crippen LogP contribution in [0.5, 0.6) is 11.5 Å². The van der Waals surface area contributed by atoms with Gasteiger partial charge in [0, 0.05) is 11.1 Å². The van der Waals surface area contributed by atoms with E-state index < -0.39 is 0 Å². The highest BCUT2D eigenvalue weighted by Gasteiger charge is 2.13. The standard InChI is InChI=1S/C23H26N2O3S/c1-15(2)13-27-21-11-17(9-10-20(21)26-4)22-25-18(14-28-22)12-24-23(29)19-8-6-5-7-16(19)3/h5-11,14-15H,12-13H2,1-4H3,(H,24,29). The van der Waals surface area contributed by atoms with E-state index in [4.69, 9.17) is 26.1 Å². The number of hydrogen-bond acceptors (Lipinski definition) is 5. The molecular weight excluding hydrogens is 384 g/mol. The molecule has 1 heterocycles. The Morgan fingerprint density at radius 2 is 1.97 bits per heavy atom. The second-order valence-electron chi connectivity index (χ2n) is 7.21. The van der Waals surface area contributed by atoms with Crippen LogP contribution in [0, 0.1) is 12.8 Å². The van der Waals surface area contributed by atoms with Crippen LogP contribution in [0.3, 0.4) is 0 Å². The number of oxazole rings is 1. The predicted molar refractivity (Wildman–Crippen MR) is 119 cm³/mol. The molecule has 3 rings (SSSR count). The van der Waals surface area contributed by atoms with Crippen molar-refractivity contribution in [3.63, 3.8) is 0 Å². The van der Waals surface area contributed by atoms with Crippen LogP contribution in [0.4, 0.5) is 0 Å². The molecule has 5 nitrogen and oxygen atoms in total. The lowest BCUT2D eigenvalue weighted by atomic mass is 10.1. The Kier molecular flexibility index (Phi) is 6.88. The number of benzene rings is 2. The minimum atomic E-state index is 0.417.